The summed E-state index contributed by atoms with van der Waals surface area (Å²) in [6.07, 6.45) is 0. The molecule has 32 heavy (non-hydrogen) atoms. The first kappa shape index (κ1) is 23.7. The van der Waals surface area contributed by atoms with E-state index in [1.165, 1.54) is 22.5 Å². The molecule has 0 radical (unpaired) electrons. The van der Waals surface area contributed by atoms with Crippen LogP contribution in [0.25, 0.3) is 0 Å². The Hall–Kier alpha value is -2.97. The molecule has 0 atom stereocenters. The second-order valence-electron chi connectivity index (χ2n) is 7.12. The molecule has 1 fully saturated rings. The van der Waals surface area contributed by atoms with Crippen molar-refractivity contribution >= 4 is 44.6 Å². The van der Waals surface area contributed by atoms with Gasteiger partial charge in [0.2, 0.25) is 15.7 Å². The maximum absolute atomic E-state index is 12.9. The lowest BCUT2D eigenvalue weighted by atomic mass is 10.1. The Balaban J connectivity index is 1.79. The molecule has 1 saturated heterocycles. The first-order valence-electron chi connectivity index (χ1n) is 9.72. The van der Waals surface area contributed by atoms with Crippen molar-refractivity contribution in [1.29, 1.82) is 5.26 Å². The third-order valence-electron chi connectivity index (χ3n) is 4.77. The number of hydrogen-bond acceptors (Lipinski definition) is 7. The van der Waals surface area contributed by atoms with Crippen molar-refractivity contribution in [3.8, 4) is 6.07 Å². The zero-order chi connectivity index (χ0) is 23.3. The molecule has 0 aliphatic carbocycles. The highest BCUT2D eigenvalue weighted by Crippen LogP contribution is 2.28. The fourth-order valence-electron chi connectivity index (χ4n) is 3.08. The SMILES string of the molecule is Cc1ccc(NC(=O)C(C#N)=NNc2ccc(Cl)c(S(=O)(=O)N3CCOCC3)c2)c(C)c1. The van der Waals surface area contributed by atoms with Crippen molar-refractivity contribution in [3.05, 3.63) is 52.5 Å². The summed E-state index contributed by atoms with van der Waals surface area (Å²) in [5, 5.41) is 15.9. The summed E-state index contributed by atoms with van der Waals surface area (Å²) in [6.45, 7) is 4.84. The van der Waals surface area contributed by atoms with Crippen LogP contribution in [0.1, 0.15) is 11.1 Å². The number of morpholine rings is 1. The zero-order valence-corrected chi connectivity index (χ0v) is 19.1. The van der Waals surface area contributed by atoms with Gasteiger partial charge in [-0.1, -0.05) is 29.3 Å². The van der Waals surface area contributed by atoms with Gasteiger partial charge in [-0.15, -0.1) is 0 Å². The average Bonchev–Trinajstić information content (AvgIpc) is 2.77. The maximum atomic E-state index is 12.9. The van der Waals surface area contributed by atoms with Crippen LogP contribution in [0.4, 0.5) is 11.4 Å². The van der Waals surface area contributed by atoms with Crippen LogP contribution in [0, 0.1) is 25.2 Å². The van der Waals surface area contributed by atoms with E-state index in [-0.39, 0.29) is 28.7 Å². The number of benzene rings is 2. The van der Waals surface area contributed by atoms with Gasteiger partial charge in [0.1, 0.15) is 11.0 Å². The minimum Gasteiger partial charge on any atom is -0.379 e. The van der Waals surface area contributed by atoms with Gasteiger partial charge in [0.25, 0.3) is 5.91 Å². The molecule has 3 rings (SSSR count). The Morgan fingerprint density at radius 3 is 2.56 bits per heavy atom. The minimum absolute atomic E-state index is 0.0547. The van der Waals surface area contributed by atoms with E-state index in [1.54, 1.807) is 12.1 Å². The summed E-state index contributed by atoms with van der Waals surface area (Å²) in [6, 6.07) is 11.5. The fraction of sp³-hybridized carbons (Fsp3) is 0.286. The highest BCUT2D eigenvalue weighted by molar-refractivity contribution is 7.89. The number of carbonyl (C=O) groups excluding carboxylic acids is 1. The molecule has 9 nitrogen and oxygen atoms in total. The van der Waals surface area contributed by atoms with E-state index in [0.29, 0.717) is 18.9 Å². The first-order valence-corrected chi connectivity index (χ1v) is 11.5. The van der Waals surface area contributed by atoms with Crippen LogP contribution in [-0.2, 0) is 19.6 Å². The molecular formula is C21H22ClN5O4S. The second kappa shape index (κ2) is 10.1. The monoisotopic (exact) mass is 475 g/mol. The van der Waals surface area contributed by atoms with Gasteiger partial charge >= 0.3 is 0 Å². The number of hydrogen-bond donors (Lipinski definition) is 2. The Morgan fingerprint density at radius 2 is 1.91 bits per heavy atom. The summed E-state index contributed by atoms with van der Waals surface area (Å²) in [5.41, 5.74) is 4.86. The van der Waals surface area contributed by atoms with Gasteiger partial charge in [0.15, 0.2) is 0 Å². The third-order valence-corrected chi connectivity index (χ3v) is 7.15. The number of nitriles is 1. The second-order valence-corrected chi connectivity index (χ2v) is 9.43. The third kappa shape index (κ3) is 5.44. The number of amides is 1. The summed E-state index contributed by atoms with van der Waals surface area (Å²) in [4.78, 5) is 12.4. The predicted molar refractivity (Wildman–Crippen MR) is 122 cm³/mol. The average molecular weight is 476 g/mol. The smallest absolute Gasteiger partial charge is 0.287 e. The van der Waals surface area contributed by atoms with Gasteiger partial charge in [-0.25, -0.2) is 8.42 Å². The molecule has 1 aliphatic heterocycles. The van der Waals surface area contributed by atoms with Crippen molar-refractivity contribution in [3.63, 3.8) is 0 Å². The summed E-state index contributed by atoms with van der Waals surface area (Å²) in [7, 11) is -3.84. The molecule has 2 aromatic carbocycles. The van der Waals surface area contributed by atoms with Gasteiger partial charge in [0, 0.05) is 18.8 Å². The van der Waals surface area contributed by atoms with Crippen molar-refractivity contribution in [2.45, 2.75) is 18.7 Å². The summed E-state index contributed by atoms with van der Waals surface area (Å²) in [5.74, 6) is -0.693. The molecule has 0 spiro atoms. The Morgan fingerprint density at radius 1 is 1.19 bits per heavy atom. The molecule has 1 aliphatic rings. The highest BCUT2D eigenvalue weighted by atomic mass is 35.5. The number of carbonyl (C=O) groups is 1. The number of sulfonamides is 1. The number of nitrogens with one attached hydrogen (secondary N) is 2. The van der Waals surface area contributed by atoms with Gasteiger partial charge in [-0.05, 0) is 43.7 Å². The summed E-state index contributed by atoms with van der Waals surface area (Å²) < 4.78 is 32.4. The number of rotatable bonds is 6. The normalized spacial score (nSPS) is 15.1. The van der Waals surface area contributed by atoms with E-state index in [9.17, 15) is 18.5 Å². The van der Waals surface area contributed by atoms with E-state index in [1.807, 2.05) is 26.0 Å². The van der Waals surface area contributed by atoms with Crippen LogP contribution in [0.5, 0.6) is 0 Å². The van der Waals surface area contributed by atoms with E-state index in [4.69, 9.17) is 16.3 Å². The lowest BCUT2D eigenvalue weighted by Crippen LogP contribution is -2.40. The lowest BCUT2D eigenvalue weighted by molar-refractivity contribution is -0.110. The Labute approximate surface area is 191 Å². The van der Waals surface area contributed by atoms with Crippen LogP contribution in [0.3, 0.4) is 0 Å². The quantitative estimate of drug-likeness (QED) is 0.489. The number of aryl methyl sites for hydroxylation is 2. The molecule has 1 heterocycles. The van der Waals surface area contributed by atoms with Gasteiger partial charge in [0.05, 0.1) is 23.9 Å². The fourth-order valence-corrected chi connectivity index (χ4v) is 4.99. The Kier molecular flexibility index (Phi) is 7.48. The molecular weight excluding hydrogens is 454 g/mol. The van der Waals surface area contributed by atoms with Crippen LogP contribution in [0.15, 0.2) is 46.4 Å². The highest BCUT2D eigenvalue weighted by Gasteiger charge is 2.28. The number of nitrogens with zero attached hydrogens (tertiary/aromatic N) is 3. The molecule has 0 aromatic heterocycles. The minimum atomic E-state index is -3.84. The van der Waals surface area contributed by atoms with Crippen molar-refractivity contribution in [2.24, 2.45) is 5.10 Å². The van der Waals surface area contributed by atoms with Crippen LogP contribution in [0.2, 0.25) is 5.02 Å². The zero-order valence-electron chi connectivity index (χ0n) is 17.6. The van der Waals surface area contributed by atoms with E-state index in [2.05, 4.69) is 15.8 Å². The first-order chi connectivity index (χ1) is 15.2. The van der Waals surface area contributed by atoms with Gasteiger partial charge < -0.3 is 10.1 Å². The van der Waals surface area contributed by atoms with E-state index < -0.39 is 21.6 Å². The molecule has 168 valence electrons. The maximum Gasteiger partial charge on any atom is 0.287 e. The molecule has 0 unspecified atom stereocenters. The topological polar surface area (TPSA) is 124 Å². The van der Waals surface area contributed by atoms with E-state index >= 15 is 0 Å². The largest absolute Gasteiger partial charge is 0.379 e. The number of hydrazone groups is 1. The number of anilines is 2. The van der Waals surface area contributed by atoms with Crippen LogP contribution < -0.4 is 10.7 Å². The molecule has 2 aromatic rings. The van der Waals surface area contributed by atoms with Gasteiger partial charge in [-0.3, -0.25) is 10.2 Å². The molecule has 0 saturated carbocycles. The van der Waals surface area contributed by atoms with Crippen molar-refractivity contribution in [1.82, 2.24) is 4.31 Å². The molecule has 0 bridgehead atoms. The summed E-state index contributed by atoms with van der Waals surface area (Å²) >= 11 is 6.14. The number of ether oxygens (including phenoxy) is 1. The predicted octanol–water partition coefficient (Wildman–Crippen LogP) is 2.91. The Bertz CT molecular complexity index is 1200. The lowest BCUT2D eigenvalue weighted by Gasteiger charge is -2.26. The van der Waals surface area contributed by atoms with Crippen LogP contribution in [-0.4, -0.2) is 50.6 Å². The molecule has 1 amide bonds. The van der Waals surface area contributed by atoms with E-state index in [0.717, 1.165) is 11.1 Å². The van der Waals surface area contributed by atoms with Gasteiger partial charge in [-0.2, -0.15) is 14.7 Å². The number of halogens is 1. The molecule has 2 N–H and O–H groups in total. The van der Waals surface area contributed by atoms with Crippen LogP contribution >= 0.6 is 11.6 Å². The molecule has 11 heteroatoms. The standard InChI is InChI=1S/C21H22ClN5O4S/c1-14-3-6-18(15(2)11-14)24-21(28)19(13-23)26-25-16-4-5-17(22)20(12-16)32(29,30)27-7-9-31-10-8-27/h3-6,11-12,25H,7-10H2,1-2H3,(H,24,28). The van der Waals surface area contributed by atoms with Crippen molar-refractivity contribution in [2.75, 3.05) is 37.0 Å². The van der Waals surface area contributed by atoms with Crippen molar-refractivity contribution < 1.29 is 17.9 Å².